The molecule has 2 aliphatic heterocycles. The molecule has 2 aromatic carbocycles. The van der Waals surface area contributed by atoms with E-state index in [4.69, 9.17) is 9.47 Å². The molecule has 0 radical (unpaired) electrons. The first-order valence-electron chi connectivity index (χ1n) is 12.2. The number of hydrogen-bond acceptors (Lipinski definition) is 6. The highest BCUT2D eigenvalue weighted by Gasteiger charge is 2.34. The molecule has 8 heteroatoms. The van der Waals surface area contributed by atoms with Crippen molar-refractivity contribution in [2.75, 3.05) is 50.8 Å². The molecule has 1 atom stereocenters. The van der Waals surface area contributed by atoms with Gasteiger partial charge in [-0.1, -0.05) is 42.0 Å². The number of benzene rings is 2. The molecule has 8 nitrogen and oxygen atoms in total. The maximum Gasteiger partial charge on any atom is 0.338 e. The summed E-state index contributed by atoms with van der Waals surface area (Å²) >= 11 is 0. The Balaban J connectivity index is 1.54. The second-order valence-electron chi connectivity index (χ2n) is 8.72. The van der Waals surface area contributed by atoms with Crippen molar-refractivity contribution < 1.29 is 19.1 Å². The van der Waals surface area contributed by atoms with Crippen molar-refractivity contribution in [1.82, 2.24) is 15.5 Å². The summed E-state index contributed by atoms with van der Waals surface area (Å²) < 4.78 is 11.2. The summed E-state index contributed by atoms with van der Waals surface area (Å²) in [5.41, 5.74) is 4.11. The highest BCUT2D eigenvalue weighted by atomic mass is 16.5. The van der Waals surface area contributed by atoms with Gasteiger partial charge in [0.05, 0.1) is 30.5 Å². The fraction of sp³-hybridized carbons (Fsp3) is 0.407. The normalized spacial score (nSPS) is 18.7. The van der Waals surface area contributed by atoms with Crippen LogP contribution in [0.3, 0.4) is 0 Å². The number of rotatable bonds is 8. The van der Waals surface area contributed by atoms with Gasteiger partial charge in [-0.2, -0.15) is 0 Å². The highest BCUT2D eigenvalue weighted by Crippen LogP contribution is 2.30. The molecule has 0 spiro atoms. The van der Waals surface area contributed by atoms with E-state index in [2.05, 4.69) is 26.5 Å². The number of urea groups is 1. The molecule has 2 amide bonds. The molecule has 1 saturated heterocycles. The summed E-state index contributed by atoms with van der Waals surface area (Å²) in [7, 11) is 0. The van der Waals surface area contributed by atoms with Gasteiger partial charge in [-0.05, 0) is 38.5 Å². The topological polar surface area (TPSA) is 83.1 Å². The molecule has 0 bridgehead atoms. The van der Waals surface area contributed by atoms with E-state index in [1.165, 1.54) is 0 Å². The number of para-hydroxylation sites is 2. The fourth-order valence-corrected chi connectivity index (χ4v) is 4.57. The second kappa shape index (κ2) is 11.3. The number of carbonyl (C=O) groups excluding carboxylic acids is 2. The Kier molecular flexibility index (Phi) is 7.92. The Morgan fingerprint density at radius 1 is 1.00 bits per heavy atom. The Morgan fingerprint density at radius 2 is 1.71 bits per heavy atom. The molecule has 186 valence electrons. The molecule has 4 rings (SSSR count). The van der Waals surface area contributed by atoms with Crippen LogP contribution in [0.1, 0.15) is 31.0 Å². The van der Waals surface area contributed by atoms with Gasteiger partial charge in [-0.3, -0.25) is 4.90 Å². The number of piperazine rings is 1. The molecule has 2 aromatic rings. The molecular weight excluding hydrogens is 444 g/mol. The lowest BCUT2D eigenvalue weighted by molar-refractivity contribution is -0.139. The van der Waals surface area contributed by atoms with Crippen LogP contribution < -0.4 is 20.3 Å². The van der Waals surface area contributed by atoms with Gasteiger partial charge in [0.25, 0.3) is 0 Å². The zero-order valence-electron chi connectivity index (χ0n) is 20.7. The van der Waals surface area contributed by atoms with E-state index >= 15 is 0 Å². The quantitative estimate of drug-likeness (QED) is 0.566. The third-order valence-corrected chi connectivity index (χ3v) is 6.32. The number of carbonyl (C=O) groups is 2. The van der Waals surface area contributed by atoms with Crippen molar-refractivity contribution in [3.8, 4) is 5.75 Å². The standard InChI is InChI=1S/C27H34N4O4/c1-4-34-23-9-7-6-8-22(23)31-16-14-30(15-17-31)18-21-24(26(32)35-5-2)25(29-27(33)28-21)20-12-10-19(3)11-13-20/h6-13,25H,4-5,14-18H2,1-3H3,(H2,28,29,33)/t25-/m0/s1. The predicted molar refractivity (Wildman–Crippen MR) is 136 cm³/mol. The largest absolute Gasteiger partial charge is 0.492 e. The van der Waals surface area contributed by atoms with Crippen LogP contribution in [0.25, 0.3) is 0 Å². The van der Waals surface area contributed by atoms with E-state index in [9.17, 15) is 9.59 Å². The molecule has 2 heterocycles. The van der Waals surface area contributed by atoms with E-state index in [1.54, 1.807) is 6.92 Å². The number of nitrogens with zero attached hydrogens (tertiary/aromatic N) is 2. The lowest BCUT2D eigenvalue weighted by atomic mass is 9.94. The Labute approximate surface area is 206 Å². The Morgan fingerprint density at radius 3 is 2.40 bits per heavy atom. The van der Waals surface area contributed by atoms with E-state index in [1.807, 2.05) is 56.3 Å². The van der Waals surface area contributed by atoms with Gasteiger partial charge in [0.1, 0.15) is 5.75 Å². The van der Waals surface area contributed by atoms with Gasteiger partial charge in [0, 0.05) is 38.4 Å². The van der Waals surface area contributed by atoms with E-state index in [0.29, 0.717) is 24.4 Å². The van der Waals surface area contributed by atoms with Crippen LogP contribution in [0.5, 0.6) is 5.75 Å². The van der Waals surface area contributed by atoms with Crippen LogP contribution in [0.15, 0.2) is 59.8 Å². The highest BCUT2D eigenvalue weighted by molar-refractivity contribution is 5.95. The molecule has 0 saturated carbocycles. The molecule has 35 heavy (non-hydrogen) atoms. The number of anilines is 1. The molecular formula is C27H34N4O4. The third-order valence-electron chi connectivity index (χ3n) is 6.32. The van der Waals surface area contributed by atoms with Crippen LogP contribution in [0.4, 0.5) is 10.5 Å². The summed E-state index contributed by atoms with van der Waals surface area (Å²) in [6.45, 7) is 10.3. The summed E-state index contributed by atoms with van der Waals surface area (Å²) in [5, 5.41) is 5.79. The van der Waals surface area contributed by atoms with Crippen LogP contribution in [-0.4, -0.2) is 62.8 Å². The second-order valence-corrected chi connectivity index (χ2v) is 8.72. The lowest BCUT2D eigenvalue weighted by Crippen LogP contribution is -2.51. The Hall–Kier alpha value is -3.52. The van der Waals surface area contributed by atoms with Gasteiger partial charge < -0.3 is 25.0 Å². The van der Waals surface area contributed by atoms with Gasteiger partial charge in [-0.25, -0.2) is 9.59 Å². The van der Waals surface area contributed by atoms with Crippen molar-refractivity contribution in [2.24, 2.45) is 0 Å². The number of aryl methyl sites for hydroxylation is 1. The molecule has 2 N–H and O–H groups in total. The average Bonchev–Trinajstić information content (AvgIpc) is 2.85. The molecule has 1 fully saturated rings. The minimum Gasteiger partial charge on any atom is -0.492 e. The number of nitrogens with one attached hydrogen (secondary N) is 2. The number of hydrogen-bond donors (Lipinski definition) is 2. The summed E-state index contributed by atoms with van der Waals surface area (Å²) in [6, 6.07) is 15.1. The van der Waals surface area contributed by atoms with Crippen LogP contribution in [0.2, 0.25) is 0 Å². The first kappa shape index (κ1) is 24.6. The number of esters is 1. The van der Waals surface area contributed by atoms with Crippen molar-refractivity contribution in [1.29, 1.82) is 0 Å². The summed E-state index contributed by atoms with van der Waals surface area (Å²) in [6.07, 6.45) is 0. The first-order chi connectivity index (χ1) is 17.0. The minimum absolute atomic E-state index is 0.266. The number of amides is 2. The number of ether oxygens (including phenoxy) is 2. The summed E-state index contributed by atoms with van der Waals surface area (Å²) in [5.74, 6) is 0.479. The lowest BCUT2D eigenvalue weighted by Gasteiger charge is -2.38. The molecule has 0 unspecified atom stereocenters. The van der Waals surface area contributed by atoms with Gasteiger partial charge in [0.2, 0.25) is 0 Å². The van der Waals surface area contributed by atoms with Gasteiger partial charge in [-0.15, -0.1) is 0 Å². The zero-order valence-corrected chi connectivity index (χ0v) is 20.7. The SMILES string of the molecule is CCOC(=O)C1=C(CN2CCN(c3ccccc3OCC)CC2)NC(=O)N[C@H]1c1ccc(C)cc1. The Bertz CT molecular complexity index is 1070. The van der Waals surface area contributed by atoms with Gasteiger partial charge in [0.15, 0.2) is 0 Å². The molecule has 0 aromatic heterocycles. The average molecular weight is 479 g/mol. The van der Waals surface area contributed by atoms with E-state index in [-0.39, 0.29) is 12.6 Å². The smallest absolute Gasteiger partial charge is 0.338 e. The van der Waals surface area contributed by atoms with Crippen molar-refractivity contribution >= 4 is 17.7 Å². The predicted octanol–water partition coefficient (Wildman–Crippen LogP) is 3.39. The van der Waals surface area contributed by atoms with E-state index < -0.39 is 12.0 Å². The van der Waals surface area contributed by atoms with Crippen molar-refractivity contribution in [3.05, 3.63) is 70.9 Å². The van der Waals surface area contributed by atoms with Crippen LogP contribution in [-0.2, 0) is 9.53 Å². The van der Waals surface area contributed by atoms with Crippen LogP contribution >= 0.6 is 0 Å². The maximum atomic E-state index is 13.0. The minimum atomic E-state index is -0.558. The van der Waals surface area contributed by atoms with Crippen LogP contribution in [0, 0.1) is 6.92 Å². The van der Waals surface area contributed by atoms with Crippen molar-refractivity contribution in [2.45, 2.75) is 26.8 Å². The van der Waals surface area contributed by atoms with Gasteiger partial charge >= 0.3 is 12.0 Å². The maximum absolute atomic E-state index is 13.0. The van der Waals surface area contributed by atoms with Crippen molar-refractivity contribution in [3.63, 3.8) is 0 Å². The monoisotopic (exact) mass is 478 g/mol. The third kappa shape index (κ3) is 5.77. The summed E-state index contributed by atoms with van der Waals surface area (Å²) in [4.78, 5) is 30.2. The first-order valence-corrected chi connectivity index (χ1v) is 12.2. The zero-order chi connectivity index (χ0) is 24.8. The van der Waals surface area contributed by atoms with E-state index in [0.717, 1.165) is 48.7 Å². The molecule has 0 aliphatic carbocycles. The fourth-order valence-electron chi connectivity index (χ4n) is 4.57. The molecule has 2 aliphatic rings.